The molecule has 1 aliphatic rings. The molecule has 2 aromatic rings. The van der Waals surface area contributed by atoms with E-state index in [9.17, 15) is 9.59 Å². The number of carbonyl (C=O) groups is 2. The Morgan fingerprint density at radius 3 is 2.00 bits per heavy atom. The molecule has 0 bridgehead atoms. The fourth-order valence-electron chi connectivity index (χ4n) is 3.40. The van der Waals surface area contributed by atoms with E-state index >= 15 is 0 Å². The van der Waals surface area contributed by atoms with Gasteiger partial charge in [-0.1, -0.05) is 60.7 Å². The zero-order chi connectivity index (χ0) is 19.1. The predicted molar refractivity (Wildman–Crippen MR) is 104 cm³/mol. The lowest BCUT2D eigenvalue weighted by molar-refractivity contribution is -0.139. The second-order valence-electron chi connectivity index (χ2n) is 6.80. The highest BCUT2D eigenvalue weighted by Crippen LogP contribution is 2.27. The van der Waals surface area contributed by atoms with E-state index in [-0.39, 0.29) is 17.7 Å². The molecular weight excluding hydrogens is 340 g/mol. The summed E-state index contributed by atoms with van der Waals surface area (Å²) in [5.41, 5.74) is 2.18. The Morgan fingerprint density at radius 2 is 1.48 bits per heavy atom. The van der Waals surface area contributed by atoms with Crippen LogP contribution in [0.25, 0.3) is 0 Å². The van der Waals surface area contributed by atoms with E-state index in [0.717, 1.165) is 11.1 Å². The Morgan fingerprint density at radius 1 is 0.963 bits per heavy atom. The normalized spacial score (nSPS) is 15.4. The fourth-order valence-corrected chi connectivity index (χ4v) is 3.40. The minimum Gasteiger partial charge on any atom is -0.378 e. The third kappa shape index (κ3) is 5.17. The van der Waals surface area contributed by atoms with Gasteiger partial charge in [0.1, 0.15) is 6.04 Å². The number of carbonyl (C=O) groups excluding carboxylic acids is 2. The SMILES string of the molecule is C[C@@H](NC(=O)CC(c1ccccc1)c1ccccc1)C(=O)N1CCOCC1. The molecular formula is C22H26N2O3. The number of benzene rings is 2. The van der Waals surface area contributed by atoms with Gasteiger partial charge in [-0.25, -0.2) is 0 Å². The maximum absolute atomic E-state index is 12.7. The number of nitrogens with zero attached hydrogens (tertiary/aromatic N) is 1. The van der Waals surface area contributed by atoms with Crippen molar-refractivity contribution in [2.75, 3.05) is 26.3 Å². The first-order valence-electron chi connectivity index (χ1n) is 9.41. The van der Waals surface area contributed by atoms with E-state index < -0.39 is 6.04 Å². The van der Waals surface area contributed by atoms with Gasteiger partial charge in [0.15, 0.2) is 0 Å². The smallest absolute Gasteiger partial charge is 0.245 e. The van der Waals surface area contributed by atoms with Gasteiger partial charge in [0.25, 0.3) is 0 Å². The fraction of sp³-hybridized carbons (Fsp3) is 0.364. The molecule has 5 heteroatoms. The van der Waals surface area contributed by atoms with Gasteiger partial charge < -0.3 is 15.0 Å². The van der Waals surface area contributed by atoms with Gasteiger partial charge in [-0.15, -0.1) is 0 Å². The summed E-state index contributed by atoms with van der Waals surface area (Å²) in [7, 11) is 0. The number of hydrogen-bond donors (Lipinski definition) is 1. The van der Waals surface area contributed by atoms with Crippen LogP contribution in [0.4, 0.5) is 0 Å². The molecule has 1 fully saturated rings. The highest BCUT2D eigenvalue weighted by atomic mass is 16.5. The number of nitrogens with one attached hydrogen (secondary N) is 1. The summed E-state index contributed by atoms with van der Waals surface area (Å²) in [6.45, 7) is 4.01. The Hall–Kier alpha value is -2.66. The van der Waals surface area contributed by atoms with Gasteiger partial charge in [0, 0.05) is 25.4 Å². The van der Waals surface area contributed by atoms with Crippen LogP contribution in [0.2, 0.25) is 0 Å². The minimum atomic E-state index is -0.539. The van der Waals surface area contributed by atoms with Gasteiger partial charge in [-0.2, -0.15) is 0 Å². The van der Waals surface area contributed by atoms with Crippen LogP contribution >= 0.6 is 0 Å². The number of morpholine rings is 1. The summed E-state index contributed by atoms with van der Waals surface area (Å²) < 4.78 is 5.28. The lowest BCUT2D eigenvalue weighted by Crippen LogP contribution is -2.50. The zero-order valence-corrected chi connectivity index (χ0v) is 15.6. The molecule has 1 atom stereocenters. The molecule has 0 aromatic heterocycles. The second-order valence-corrected chi connectivity index (χ2v) is 6.80. The maximum atomic E-state index is 12.7. The molecule has 1 aliphatic heterocycles. The molecule has 1 N–H and O–H groups in total. The van der Waals surface area contributed by atoms with Crippen molar-refractivity contribution in [3.05, 3.63) is 71.8 Å². The molecule has 2 aromatic carbocycles. The van der Waals surface area contributed by atoms with Crippen LogP contribution in [-0.2, 0) is 14.3 Å². The molecule has 0 unspecified atom stereocenters. The Kier molecular flexibility index (Phi) is 6.60. The van der Waals surface area contributed by atoms with E-state index in [4.69, 9.17) is 4.74 Å². The molecule has 1 heterocycles. The highest BCUT2D eigenvalue weighted by molar-refractivity contribution is 5.87. The highest BCUT2D eigenvalue weighted by Gasteiger charge is 2.25. The number of hydrogen-bond acceptors (Lipinski definition) is 3. The van der Waals surface area contributed by atoms with Crippen molar-refractivity contribution in [1.29, 1.82) is 0 Å². The van der Waals surface area contributed by atoms with Crippen molar-refractivity contribution in [2.24, 2.45) is 0 Å². The van der Waals surface area contributed by atoms with E-state index in [2.05, 4.69) is 5.32 Å². The molecule has 5 nitrogen and oxygen atoms in total. The van der Waals surface area contributed by atoms with Gasteiger partial charge in [0.2, 0.25) is 11.8 Å². The Labute approximate surface area is 160 Å². The summed E-state index contributed by atoms with van der Waals surface area (Å²) in [5.74, 6) is -0.220. The van der Waals surface area contributed by atoms with Gasteiger partial charge in [-0.05, 0) is 18.1 Å². The number of amides is 2. The zero-order valence-electron chi connectivity index (χ0n) is 15.6. The molecule has 27 heavy (non-hydrogen) atoms. The molecule has 2 amide bonds. The number of rotatable bonds is 6. The van der Waals surface area contributed by atoms with Crippen LogP contribution in [-0.4, -0.2) is 49.1 Å². The molecule has 1 saturated heterocycles. The summed E-state index contributed by atoms with van der Waals surface area (Å²) in [6, 6.07) is 19.5. The molecule has 0 aliphatic carbocycles. The first-order chi connectivity index (χ1) is 13.1. The lowest BCUT2D eigenvalue weighted by Gasteiger charge is -2.29. The Balaban J connectivity index is 1.66. The van der Waals surface area contributed by atoms with Crippen LogP contribution in [0, 0.1) is 0 Å². The quantitative estimate of drug-likeness (QED) is 0.855. The molecule has 142 valence electrons. The van der Waals surface area contributed by atoms with Crippen molar-refractivity contribution in [3.8, 4) is 0 Å². The summed E-state index contributed by atoms with van der Waals surface area (Å²) in [6.07, 6.45) is 0.300. The average Bonchev–Trinajstić information content (AvgIpc) is 2.73. The van der Waals surface area contributed by atoms with Crippen molar-refractivity contribution in [2.45, 2.75) is 25.3 Å². The second kappa shape index (κ2) is 9.33. The van der Waals surface area contributed by atoms with Crippen molar-refractivity contribution in [3.63, 3.8) is 0 Å². The van der Waals surface area contributed by atoms with Crippen molar-refractivity contribution < 1.29 is 14.3 Å². The van der Waals surface area contributed by atoms with E-state index in [1.807, 2.05) is 60.7 Å². The van der Waals surface area contributed by atoms with Crippen molar-refractivity contribution in [1.82, 2.24) is 10.2 Å². The predicted octanol–water partition coefficient (Wildman–Crippen LogP) is 2.57. The summed E-state index contributed by atoms with van der Waals surface area (Å²) >= 11 is 0. The number of ether oxygens (including phenoxy) is 1. The lowest BCUT2D eigenvalue weighted by atomic mass is 9.88. The van der Waals surface area contributed by atoms with Gasteiger partial charge in [-0.3, -0.25) is 9.59 Å². The molecule has 0 saturated carbocycles. The topological polar surface area (TPSA) is 58.6 Å². The first kappa shape index (κ1) is 19.1. The van der Waals surface area contributed by atoms with Crippen LogP contribution < -0.4 is 5.32 Å². The van der Waals surface area contributed by atoms with Gasteiger partial charge in [0.05, 0.1) is 13.2 Å². The molecule has 3 rings (SSSR count). The van der Waals surface area contributed by atoms with E-state index in [1.165, 1.54) is 0 Å². The summed E-state index contributed by atoms with van der Waals surface area (Å²) in [4.78, 5) is 27.0. The summed E-state index contributed by atoms with van der Waals surface area (Å²) in [5, 5.41) is 2.88. The van der Waals surface area contributed by atoms with Crippen LogP contribution in [0.1, 0.15) is 30.4 Å². The maximum Gasteiger partial charge on any atom is 0.245 e. The van der Waals surface area contributed by atoms with Crippen LogP contribution in [0.5, 0.6) is 0 Å². The third-order valence-corrected chi connectivity index (χ3v) is 4.86. The Bertz CT molecular complexity index is 703. The third-order valence-electron chi connectivity index (χ3n) is 4.86. The standard InChI is InChI=1S/C22H26N2O3/c1-17(22(26)24-12-14-27-15-13-24)23-21(25)16-20(18-8-4-2-5-9-18)19-10-6-3-7-11-19/h2-11,17,20H,12-16H2,1H3,(H,23,25)/t17-/m1/s1. The first-order valence-corrected chi connectivity index (χ1v) is 9.41. The van der Waals surface area contributed by atoms with Crippen LogP contribution in [0.15, 0.2) is 60.7 Å². The molecule has 0 spiro atoms. The largest absolute Gasteiger partial charge is 0.378 e. The van der Waals surface area contributed by atoms with Gasteiger partial charge >= 0.3 is 0 Å². The van der Waals surface area contributed by atoms with E-state index in [0.29, 0.717) is 32.7 Å². The van der Waals surface area contributed by atoms with E-state index in [1.54, 1.807) is 11.8 Å². The monoisotopic (exact) mass is 366 g/mol. The minimum absolute atomic E-state index is 0.0434. The van der Waals surface area contributed by atoms with Crippen LogP contribution in [0.3, 0.4) is 0 Å². The van der Waals surface area contributed by atoms with Crippen molar-refractivity contribution >= 4 is 11.8 Å². The molecule has 0 radical (unpaired) electrons. The average molecular weight is 366 g/mol.